The molecule has 1 amide bonds. The van der Waals surface area contributed by atoms with Crippen LogP contribution < -0.4 is 5.32 Å². The number of carboxylic acids is 1. The number of hydrogen-bond donors (Lipinski definition) is 4. The highest BCUT2D eigenvalue weighted by atomic mass is 32.2. The molecule has 2 atom stereocenters. The third kappa shape index (κ3) is 5.18. The Balaban J connectivity index is 1.75. The number of benzene rings is 2. The molecular weight excluding hydrogens is 442 g/mol. The van der Waals surface area contributed by atoms with E-state index in [1.165, 1.54) is 0 Å². The number of aliphatic hydroxyl groups excluding tert-OH is 2. The SMILES string of the molecule is CC(C)(C)[C@@](CSC[C@H](O)CO)(NC(=O)OCC1c2ccccc2-c2ccccc21)C(=O)O. The third-order valence-corrected chi connectivity index (χ3v) is 7.40. The summed E-state index contributed by atoms with van der Waals surface area (Å²) in [6.07, 6.45) is -1.77. The number of amides is 1. The zero-order valence-corrected chi connectivity index (χ0v) is 19.9. The van der Waals surface area contributed by atoms with Gasteiger partial charge in [0.15, 0.2) is 5.54 Å². The highest BCUT2D eigenvalue weighted by Gasteiger charge is 2.50. The van der Waals surface area contributed by atoms with Crippen molar-refractivity contribution in [1.82, 2.24) is 5.32 Å². The van der Waals surface area contributed by atoms with Crippen LogP contribution in [-0.2, 0) is 9.53 Å². The lowest BCUT2D eigenvalue weighted by atomic mass is 9.74. The first kappa shape index (κ1) is 25.1. The van der Waals surface area contributed by atoms with Crippen molar-refractivity contribution in [3.05, 3.63) is 59.7 Å². The maximum absolute atomic E-state index is 12.8. The van der Waals surface area contributed by atoms with Crippen molar-refractivity contribution in [2.24, 2.45) is 5.41 Å². The molecule has 0 saturated heterocycles. The Kier molecular flexibility index (Phi) is 7.72. The normalized spacial score (nSPS) is 15.8. The molecule has 8 heteroatoms. The molecule has 33 heavy (non-hydrogen) atoms. The van der Waals surface area contributed by atoms with E-state index in [-0.39, 0.29) is 24.0 Å². The molecule has 0 heterocycles. The average Bonchev–Trinajstić information content (AvgIpc) is 3.09. The third-order valence-electron chi connectivity index (χ3n) is 6.14. The molecule has 1 aliphatic carbocycles. The van der Waals surface area contributed by atoms with Gasteiger partial charge in [-0.05, 0) is 27.7 Å². The molecule has 0 fully saturated rings. The van der Waals surface area contributed by atoms with E-state index < -0.39 is 35.7 Å². The van der Waals surface area contributed by atoms with Gasteiger partial charge in [-0.25, -0.2) is 9.59 Å². The number of carbonyl (C=O) groups excluding carboxylic acids is 1. The zero-order chi connectivity index (χ0) is 24.2. The van der Waals surface area contributed by atoms with Gasteiger partial charge in [-0.15, -0.1) is 0 Å². The standard InChI is InChI=1S/C25H31NO6S/c1-24(2,3)25(22(29)30,15-33-14-16(28)12-27)26-23(31)32-13-21-19-10-6-4-8-17(19)18-9-5-7-11-20(18)21/h4-11,16,21,27-28H,12-15H2,1-3H3,(H,26,31)(H,29,30)/t16-,25+/m1/s1. The number of fused-ring (bicyclic) bond motifs is 3. The first-order chi connectivity index (χ1) is 15.6. The van der Waals surface area contributed by atoms with Gasteiger partial charge in [0, 0.05) is 17.4 Å². The van der Waals surface area contributed by atoms with Gasteiger partial charge in [-0.1, -0.05) is 69.3 Å². The van der Waals surface area contributed by atoms with Crippen molar-refractivity contribution in [2.75, 3.05) is 24.7 Å². The molecule has 7 nitrogen and oxygen atoms in total. The summed E-state index contributed by atoms with van der Waals surface area (Å²) < 4.78 is 5.58. The number of ether oxygens (including phenoxy) is 1. The van der Waals surface area contributed by atoms with Gasteiger partial charge in [0.2, 0.25) is 0 Å². The predicted molar refractivity (Wildman–Crippen MR) is 128 cm³/mol. The number of thioether (sulfide) groups is 1. The summed E-state index contributed by atoms with van der Waals surface area (Å²) in [5, 5.41) is 31.3. The van der Waals surface area contributed by atoms with Crippen LogP contribution in [0.1, 0.15) is 37.8 Å². The second kappa shape index (κ2) is 10.2. The number of hydrogen-bond acceptors (Lipinski definition) is 6. The van der Waals surface area contributed by atoms with E-state index in [9.17, 15) is 19.8 Å². The fourth-order valence-corrected chi connectivity index (χ4v) is 5.52. The highest BCUT2D eigenvalue weighted by Crippen LogP contribution is 2.44. The Hall–Kier alpha value is -2.55. The Labute approximate surface area is 198 Å². The molecule has 4 N–H and O–H groups in total. The second-order valence-corrected chi connectivity index (χ2v) is 10.3. The maximum Gasteiger partial charge on any atom is 0.408 e. The Bertz CT molecular complexity index is 959. The molecule has 0 aliphatic heterocycles. The van der Waals surface area contributed by atoms with Crippen LogP contribution in [0, 0.1) is 5.41 Å². The first-order valence-corrected chi connectivity index (χ1v) is 12.0. The topological polar surface area (TPSA) is 116 Å². The molecule has 0 spiro atoms. The Morgan fingerprint density at radius 2 is 1.61 bits per heavy atom. The Morgan fingerprint density at radius 1 is 1.06 bits per heavy atom. The van der Waals surface area contributed by atoms with E-state index in [4.69, 9.17) is 9.84 Å². The lowest BCUT2D eigenvalue weighted by molar-refractivity contribution is -0.148. The van der Waals surface area contributed by atoms with Crippen LogP contribution in [0.15, 0.2) is 48.5 Å². The Morgan fingerprint density at radius 3 is 2.09 bits per heavy atom. The molecule has 0 radical (unpaired) electrons. The summed E-state index contributed by atoms with van der Waals surface area (Å²) in [5.74, 6) is -1.17. The summed E-state index contributed by atoms with van der Waals surface area (Å²) in [5.41, 5.74) is 1.88. The quantitative estimate of drug-likeness (QED) is 0.441. The largest absolute Gasteiger partial charge is 0.479 e. The van der Waals surface area contributed by atoms with E-state index in [2.05, 4.69) is 5.32 Å². The van der Waals surface area contributed by atoms with E-state index in [1.54, 1.807) is 20.8 Å². The number of aliphatic hydroxyl groups is 2. The van der Waals surface area contributed by atoms with Gasteiger partial charge in [0.05, 0.1) is 12.7 Å². The fraction of sp³-hybridized carbons (Fsp3) is 0.440. The lowest BCUT2D eigenvalue weighted by Crippen LogP contribution is -2.64. The molecule has 1 aliphatic rings. The van der Waals surface area contributed by atoms with Crippen LogP contribution in [0.5, 0.6) is 0 Å². The minimum absolute atomic E-state index is 0.00703. The van der Waals surface area contributed by atoms with Crippen molar-refractivity contribution in [3.63, 3.8) is 0 Å². The summed E-state index contributed by atoms with van der Waals surface area (Å²) in [7, 11) is 0. The lowest BCUT2D eigenvalue weighted by Gasteiger charge is -2.41. The van der Waals surface area contributed by atoms with Gasteiger partial charge in [0.25, 0.3) is 0 Å². The fourth-order valence-electron chi connectivity index (χ4n) is 4.09. The smallest absolute Gasteiger partial charge is 0.408 e. The van der Waals surface area contributed by atoms with Crippen molar-refractivity contribution >= 4 is 23.8 Å². The molecule has 2 aromatic rings. The molecule has 0 bridgehead atoms. The molecule has 2 aromatic carbocycles. The number of carboxylic acid groups (broad SMARTS) is 1. The van der Waals surface area contributed by atoms with Crippen LogP contribution in [0.3, 0.4) is 0 Å². The van der Waals surface area contributed by atoms with Crippen LogP contribution in [0.2, 0.25) is 0 Å². The molecule has 0 aromatic heterocycles. The summed E-state index contributed by atoms with van der Waals surface area (Å²) in [4.78, 5) is 25.2. The number of nitrogens with one attached hydrogen (secondary N) is 1. The van der Waals surface area contributed by atoms with Gasteiger partial charge >= 0.3 is 12.1 Å². The molecular formula is C25H31NO6S. The molecule has 0 unspecified atom stereocenters. The van der Waals surface area contributed by atoms with E-state index >= 15 is 0 Å². The molecule has 178 valence electrons. The van der Waals surface area contributed by atoms with Crippen LogP contribution in [0.4, 0.5) is 4.79 Å². The minimum Gasteiger partial charge on any atom is -0.479 e. The van der Waals surface area contributed by atoms with E-state index in [1.807, 2.05) is 48.5 Å². The van der Waals surface area contributed by atoms with Crippen LogP contribution in [0.25, 0.3) is 11.1 Å². The van der Waals surface area contributed by atoms with Crippen molar-refractivity contribution < 1.29 is 29.6 Å². The summed E-state index contributed by atoms with van der Waals surface area (Å²) >= 11 is 1.15. The maximum atomic E-state index is 12.8. The second-order valence-electron chi connectivity index (χ2n) is 9.26. The van der Waals surface area contributed by atoms with Crippen molar-refractivity contribution in [1.29, 1.82) is 0 Å². The van der Waals surface area contributed by atoms with E-state index in [0.29, 0.717) is 0 Å². The molecule has 0 saturated carbocycles. The first-order valence-electron chi connectivity index (χ1n) is 10.8. The predicted octanol–water partition coefficient (Wildman–Crippen LogP) is 3.48. The average molecular weight is 474 g/mol. The van der Waals surface area contributed by atoms with Gasteiger partial charge < -0.3 is 25.4 Å². The van der Waals surface area contributed by atoms with Gasteiger partial charge in [0.1, 0.15) is 6.61 Å². The van der Waals surface area contributed by atoms with Crippen LogP contribution >= 0.6 is 11.8 Å². The monoisotopic (exact) mass is 473 g/mol. The summed E-state index contributed by atoms with van der Waals surface area (Å²) in [6.45, 7) is 4.86. The van der Waals surface area contributed by atoms with E-state index in [0.717, 1.165) is 34.0 Å². The van der Waals surface area contributed by atoms with Crippen molar-refractivity contribution in [3.8, 4) is 11.1 Å². The number of rotatable bonds is 9. The van der Waals surface area contributed by atoms with Crippen molar-refractivity contribution in [2.45, 2.75) is 38.3 Å². The molecule has 3 rings (SSSR count). The van der Waals surface area contributed by atoms with Gasteiger partial charge in [-0.2, -0.15) is 11.8 Å². The summed E-state index contributed by atoms with van der Waals surface area (Å²) in [6, 6.07) is 16.0. The number of alkyl carbamates (subject to hydrolysis) is 1. The highest BCUT2D eigenvalue weighted by molar-refractivity contribution is 7.99. The number of aliphatic carboxylic acids is 1. The van der Waals surface area contributed by atoms with Gasteiger partial charge in [-0.3, -0.25) is 0 Å². The number of carbonyl (C=O) groups is 2. The minimum atomic E-state index is -1.63. The zero-order valence-electron chi connectivity index (χ0n) is 19.1. The van der Waals surface area contributed by atoms with Crippen LogP contribution in [-0.4, -0.2) is 63.7 Å².